The Labute approximate surface area is 77.4 Å². The summed E-state index contributed by atoms with van der Waals surface area (Å²) in [5.41, 5.74) is 4.35. The predicted octanol–water partition coefficient (Wildman–Crippen LogP) is 4.34. The van der Waals surface area contributed by atoms with Crippen LogP contribution in [0.15, 0.2) is 22.8 Å². The molecule has 0 aromatic heterocycles. The van der Waals surface area contributed by atoms with Gasteiger partial charge in [-0.2, -0.15) is 0 Å². The lowest BCUT2D eigenvalue weighted by Gasteiger charge is -2.11. The topological polar surface area (TPSA) is 0 Å². The molecular weight excluding hydrogens is 144 g/mol. The quantitative estimate of drug-likeness (QED) is 0.547. The van der Waals surface area contributed by atoms with Crippen molar-refractivity contribution < 1.29 is 0 Å². The highest BCUT2D eigenvalue weighted by Crippen LogP contribution is 2.18. The van der Waals surface area contributed by atoms with Gasteiger partial charge in [-0.05, 0) is 40.0 Å². The van der Waals surface area contributed by atoms with E-state index >= 15 is 0 Å². The molecule has 1 unspecified atom stereocenters. The van der Waals surface area contributed by atoms with E-state index in [4.69, 9.17) is 0 Å². The minimum absolute atomic E-state index is 0.723. The fourth-order valence-electron chi connectivity index (χ4n) is 1.24. The Kier molecular flexibility index (Phi) is 4.96. The molecule has 0 aromatic rings. The van der Waals surface area contributed by atoms with Gasteiger partial charge >= 0.3 is 0 Å². The molecule has 0 radical (unpaired) electrons. The van der Waals surface area contributed by atoms with Crippen LogP contribution in [-0.4, -0.2) is 0 Å². The Morgan fingerprint density at radius 1 is 1.17 bits per heavy atom. The summed E-state index contributed by atoms with van der Waals surface area (Å²) in [6, 6.07) is 0. The second-order valence-corrected chi connectivity index (χ2v) is 3.90. The fraction of sp³-hybridized carbons (Fsp3) is 0.667. The summed E-state index contributed by atoms with van der Waals surface area (Å²) in [6.07, 6.45) is 3.50. The molecule has 0 heterocycles. The Morgan fingerprint density at radius 3 is 2.00 bits per heavy atom. The van der Waals surface area contributed by atoms with Crippen molar-refractivity contribution in [3.63, 3.8) is 0 Å². The zero-order valence-corrected chi connectivity index (χ0v) is 9.36. The van der Waals surface area contributed by atoms with Crippen LogP contribution in [0.5, 0.6) is 0 Å². The van der Waals surface area contributed by atoms with Crippen LogP contribution in [0.25, 0.3) is 0 Å². The minimum atomic E-state index is 0.723. The van der Waals surface area contributed by atoms with E-state index in [1.54, 1.807) is 0 Å². The maximum absolute atomic E-state index is 2.29. The van der Waals surface area contributed by atoms with Crippen LogP contribution in [0, 0.1) is 5.92 Å². The van der Waals surface area contributed by atoms with E-state index in [-0.39, 0.29) is 0 Å². The van der Waals surface area contributed by atoms with E-state index in [0.29, 0.717) is 0 Å². The van der Waals surface area contributed by atoms with Crippen molar-refractivity contribution >= 4 is 0 Å². The summed E-state index contributed by atoms with van der Waals surface area (Å²) >= 11 is 0. The van der Waals surface area contributed by atoms with Crippen LogP contribution in [0.1, 0.15) is 48.0 Å². The number of rotatable bonds is 3. The van der Waals surface area contributed by atoms with Crippen molar-refractivity contribution in [3.8, 4) is 0 Å². The molecule has 0 spiro atoms. The predicted molar refractivity (Wildman–Crippen MR) is 57.3 cm³/mol. The third-order valence-electron chi connectivity index (χ3n) is 2.48. The fourth-order valence-corrected chi connectivity index (χ4v) is 1.24. The minimum Gasteiger partial charge on any atom is -0.0762 e. The van der Waals surface area contributed by atoms with Gasteiger partial charge in [0.05, 0.1) is 0 Å². The van der Waals surface area contributed by atoms with Crippen LogP contribution in [-0.2, 0) is 0 Å². The zero-order valence-electron chi connectivity index (χ0n) is 9.36. The summed E-state index contributed by atoms with van der Waals surface area (Å²) < 4.78 is 0. The molecule has 0 nitrogen and oxygen atoms in total. The number of hydrogen-bond acceptors (Lipinski definition) is 0. The zero-order chi connectivity index (χ0) is 9.72. The second-order valence-electron chi connectivity index (χ2n) is 3.90. The van der Waals surface area contributed by atoms with Gasteiger partial charge in [0.1, 0.15) is 0 Å². The Balaban J connectivity index is 4.57. The molecule has 0 bridgehead atoms. The van der Waals surface area contributed by atoms with Crippen molar-refractivity contribution in [2.75, 3.05) is 0 Å². The highest BCUT2D eigenvalue weighted by atomic mass is 14.1. The van der Waals surface area contributed by atoms with E-state index < -0.39 is 0 Å². The monoisotopic (exact) mass is 166 g/mol. The van der Waals surface area contributed by atoms with Gasteiger partial charge in [0, 0.05) is 0 Å². The highest BCUT2D eigenvalue weighted by molar-refractivity contribution is 5.25. The van der Waals surface area contributed by atoms with Crippen molar-refractivity contribution in [2.24, 2.45) is 5.92 Å². The molecule has 0 N–H and O–H groups in total. The van der Waals surface area contributed by atoms with E-state index in [1.807, 2.05) is 0 Å². The summed E-state index contributed by atoms with van der Waals surface area (Å²) in [4.78, 5) is 0. The number of allylic oxidation sites excluding steroid dienone is 4. The first kappa shape index (κ1) is 11.5. The molecule has 12 heavy (non-hydrogen) atoms. The standard InChI is InChI=1S/C12H22/c1-7-10(4)12(6)11(5)8-9(2)3/h8,10H,7H2,1-6H3. The molecule has 0 fully saturated rings. The first-order chi connectivity index (χ1) is 5.49. The molecular formula is C12H22. The Bertz CT molecular complexity index is 190. The van der Waals surface area contributed by atoms with E-state index in [9.17, 15) is 0 Å². The van der Waals surface area contributed by atoms with Crippen LogP contribution >= 0.6 is 0 Å². The lowest BCUT2D eigenvalue weighted by Crippen LogP contribution is -1.96. The summed E-state index contributed by atoms with van der Waals surface area (Å²) in [5.74, 6) is 0.723. The largest absolute Gasteiger partial charge is 0.0762 e. The molecule has 0 amide bonds. The van der Waals surface area contributed by atoms with Crippen LogP contribution in [0.2, 0.25) is 0 Å². The third kappa shape index (κ3) is 3.75. The van der Waals surface area contributed by atoms with E-state index in [2.05, 4.69) is 47.6 Å². The molecule has 0 saturated carbocycles. The van der Waals surface area contributed by atoms with Crippen molar-refractivity contribution in [2.45, 2.75) is 48.0 Å². The molecule has 1 atom stereocenters. The number of hydrogen-bond donors (Lipinski definition) is 0. The third-order valence-corrected chi connectivity index (χ3v) is 2.48. The van der Waals surface area contributed by atoms with Crippen LogP contribution in [0.4, 0.5) is 0 Å². The Hall–Kier alpha value is -0.520. The summed E-state index contributed by atoms with van der Waals surface area (Å²) in [5, 5.41) is 0. The molecule has 0 aliphatic carbocycles. The Morgan fingerprint density at radius 2 is 1.67 bits per heavy atom. The van der Waals surface area contributed by atoms with Crippen LogP contribution in [0.3, 0.4) is 0 Å². The lowest BCUT2D eigenvalue weighted by molar-refractivity contribution is 0.650. The van der Waals surface area contributed by atoms with Gasteiger partial charge in [0.15, 0.2) is 0 Å². The van der Waals surface area contributed by atoms with Gasteiger partial charge in [0.2, 0.25) is 0 Å². The average Bonchev–Trinajstić information content (AvgIpc) is 2.00. The maximum Gasteiger partial charge on any atom is -0.0231 e. The van der Waals surface area contributed by atoms with Crippen LogP contribution < -0.4 is 0 Å². The molecule has 0 aliphatic heterocycles. The van der Waals surface area contributed by atoms with Gasteiger partial charge in [-0.15, -0.1) is 0 Å². The summed E-state index contributed by atoms with van der Waals surface area (Å²) in [7, 11) is 0. The molecule has 0 saturated heterocycles. The maximum atomic E-state index is 2.29. The lowest BCUT2D eigenvalue weighted by atomic mass is 9.95. The summed E-state index contributed by atoms with van der Waals surface area (Å²) in [6.45, 7) is 13.3. The van der Waals surface area contributed by atoms with Crippen molar-refractivity contribution in [3.05, 3.63) is 22.8 Å². The molecule has 70 valence electrons. The first-order valence-corrected chi connectivity index (χ1v) is 4.81. The van der Waals surface area contributed by atoms with Gasteiger partial charge < -0.3 is 0 Å². The average molecular weight is 166 g/mol. The van der Waals surface area contributed by atoms with Crippen molar-refractivity contribution in [1.29, 1.82) is 0 Å². The van der Waals surface area contributed by atoms with E-state index in [1.165, 1.54) is 23.1 Å². The van der Waals surface area contributed by atoms with Gasteiger partial charge in [0.25, 0.3) is 0 Å². The van der Waals surface area contributed by atoms with Gasteiger partial charge in [-0.25, -0.2) is 0 Å². The second kappa shape index (κ2) is 5.18. The molecule has 0 aromatic carbocycles. The first-order valence-electron chi connectivity index (χ1n) is 4.81. The molecule has 0 rings (SSSR count). The smallest absolute Gasteiger partial charge is 0.0231 e. The van der Waals surface area contributed by atoms with Gasteiger partial charge in [-0.3, -0.25) is 0 Å². The van der Waals surface area contributed by atoms with Crippen molar-refractivity contribution in [1.82, 2.24) is 0 Å². The van der Waals surface area contributed by atoms with E-state index in [0.717, 1.165) is 5.92 Å². The highest BCUT2D eigenvalue weighted by Gasteiger charge is 2.02. The SMILES string of the molecule is CCC(C)C(C)=C(C)C=C(C)C. The normalized spacial score (nSPS) is 15.2. The molecule has 0 aliphatic rings. The van der Waals surface area contributed by atoms with Gasteiger partial charge in [-0.1, -0.05) is 36.6 Å². The molecule has 0 heteroatoms.